The molecule has 6 nitrogen and oxygen atoms in total. The van der Waals surface area contributed by atoms with Gasteiger partial charge in [0.05, 0.1) is 39.6 Å². The van der Waals surface area contributed by atoms with Gasteiger partial charge in [-0.05, 0) is 17.3 Å². The van der Waals surface area contributed by atoms with Crippen molar-refractivity contribution in [2.45, 2.75) is 25.7 Å². The third-order valence-electron chi connectivity index (χ3n) is 3.28. The smallest absolute Gasteiger partial charge is 0.253 e. The fourth-order valence-electron chi connectivity index (χ4n) is 2.00. The molecule has 0 aromatic rings. The Balaban J connectivity index is 1.77. The first-order chi connectivity index (χ1) is 11.3. The number of hydrogen-bond donors (Lipinski definition) is 0. The fraction of sp³-hybridized carbons (Fsp3) is 0.750. The van der Waals surface area contributed by atoms with Crippen molar-refractivity contribution in [1.29, 1.82) is 0 Å². The third kappa shape index (κ3) is 10.1. The van der Waals surface area contributed by atoms with E-state index in [0.717, 1.165) is 17.9 Å². The van der Waals surface area contributed by atoms with Crippen LogP contribution in [0.2, 0.25) is 0 Å². The van der Waals surface area contributed by atoms with Crippen LogP contribution in [-0.2, 0) is 23.8 Å². The van der Waals surface area contributed by atoms with Crippen LogP contribution >= 0.6 is 22.6 Å². The number of amides is 2. The number of halogens is 1. The van der Waals surface area contributed by atoms with E-state index in [-0.39, 0.29) is 18.4 Å². The predicted molar refractivity (Wildman–Crippen MR) is 95.7 cm³/mol. The van der Waals surface area contributed by atoms with Crippen LogP contribution in [0, 0.1) is 0 Å². The molecular weight excluding hydrogens is 413 g/mol. The first-order valence-corrected chi connectivity index (χ1v) is 9.61. The van der Waals surface area contributed by atoms with Gasteiger partial charge in [-0.1, -0.05) is 35.4 Å². The molecule has 0 aromatic carbocycles. The van der Waals surface area contributed by atoms with E-state index in [1.165, 1.54) is 35.8 Å². The molecule has 7 heteroatoms. The molecule has 1 rings (SSSR count). The minimum absolute atomic E-state index is 0.277. The monoisotopic (exact) mass is 439 g/mol. The van der Waals surface area contributed by atoms with Crippen LogP contribution in [0.25, 0.3) is 0 Å². The lowest BCUT2D eigenvalue weighted by Crippen LogP contribution is -2.33. The summed E-state index contributed by atoms with van der Waals surface area (Å²) in [6.07, 6.45) is 7.46. The van der Waals surface area contributed by atoms with Crippen molar-refractivity contribution in [1.82, 2.24) is 4.90 Å². The largest absolute Gasteiger partial charge is 0.379 e. The van der Waals surface area contributed by atoms with E-state index in [9.17, 15) is 9.59 Å². The van der Waals surface area contributed by atoms with Gasteiger partial charge in [-0.3, -0.25) is 14.5 Å². The first kappa shape index (κ1) is 20.5. The van der Waals surface area contributed by atoms with E-state index in [4.69, 9.17) is 14.2 Å². The zero-order valence-corrected chi connectivity index (χ0v) is 15.7. The van der Waals surface area contributed by atoms with Crippen molar-refractivity contribution in [2.24, 2.45) is 0 Å². The summed E-state index contributed by atoms with van der Waals surface area (Å²) in [5.41, 5.74) is 0. The van der Waals surface area contributed by atoms with Gasteiger partial charge >= 0.3 is 0 Å². The molecule has 0 atom stereocenters. The van der Waals surface area contributed by atoms with Crippen molar-refractivity contribution in [2.75, 3.05) is 50.6 Å². The summed E-state index contributed by atoms with van der Waals surface area (Å²) >= 11 is 2.40. The molecule has 0 saturated carbocycles. The van der Waals surface area contributed by atoms with Gasteiger partial charge in [0.25, 0.3) is 11.8 Å². The number of unbranched alkanes of at least 4 members (excludes halogenated alkanes) is 3. The van der Waals surface area contributed by atoms with Crippen LogP contribution in [0.15, 0.2) is 12.2 Å². The Kier molecular flexibility index (Phi) is 12.4. The lowest BCUT2D eigenvalue weighted by atomic mass is 10.2. The molecule has 0 saturated heterocycles. The quantitative estimate of drug-likeness (QED) is 0.169. The lowest BCUT2D eigenvalue weighted by Gasteiger charge is -2.13. The maximum atomic E-state index is 11.3. The van der Waals surface area contributed by atoms with Crippen molar-refractivity contribution < 1.29 is 23.8 Å². The molecule has 0 radical (unpaired) electrons. The van der Waals surface area contributed by atoms with Gasteiger partial charge in [-0.25, -0.2) is 0 Å². The van der Waals surface area contributed by atoms with Gasteiger partial charge in [0.15, 0.2) is 0 Å². The molecule has 0 aromatic heterocycles. The van der Waals surface area contributed by atoms with Gasteiger partial charge in [-0.2, -0.15) is 0 Å². The molecule has 0 unspecified atom stereocenters. The summed E-state index contributed by atoms with van der Waals surface area (Å²) < 4.78 is 17.4. The summed E-state index contributed by atoms with van der Waals surface area (Å²) in [4.78, 5) is 23.7. The van der Waals surface area contributed by atoms with Gasteiger partial charge in [0.2, 0.25) is 0 Å². The van der Waals surface area contributed by atoms with Crippen molar-refractivity contribution >= 4 is 34.4 Å². The molecule has 0 N–H and O–H groups in total. The van der Waals surface area contributed by atoms with E-state index < -0.39 is 0 Å². The molecule has 0 spiro atoms. The van der Waals surface area contributed by atoms with Crippen LogP contribution < -0.4 is 0 Å². The number of hydrogen-bond acceptors (Lipinski definition) is 5. The van der Waals surface area contributed by atoms with Crippen LogP contribution in [0.3, 0.4) is 0 Å². The summed E-state index contributed by atoms with van der Waals surface area (Å²) in [5, 5.41) is 0. The second kappa shape index (κ2) is 13.9. The molecule has 2 amide bonds. The Labute approximate surface area is 151 Å². The molecule has 0 fully saturated rings. The maximum absolute atomic E-state index is 11.3. The number of ether oxygens (including phenoxy) is 3. The Morgan fingerprint density at radius 1 is 0.739 bits per heavy atom. The van der Waals surface area contributed by atoms with E-state index in [2.05, 4.69) is 22.6 Å². The second-order valence-electron chi connectivity index (χ2n) is 5.10. The molecule has 0 bridgehead atoms. The lowest BCUT2D eigenvalue weighted by molar-refractivity contribution is -0.137. The highest BCUT2D eigenvalue weighted by atomic mass is 127. The third-order valence-corrected chi connectivity index (χ3v) is 4.04. The second-order valence-corrected chi connectivity index (χ2v) is 6.18. The van der Waals surface area contributed by atoms with E-state index in [0.29, 0.717) is 33.0 Å². The topological polar surface area (TPSA) is 65.1 Å². The minimum Gasteiger partial charge on any atom is -0.379 e. The van der Waals surface area contributed by atoms with Gasteiger partial charge in [0, 0.05) is 18.8 Å². The van der Waals surface area contributed by atoms with Crippen LogP contribution in [0.4, 0.5) is 0 Å². The Hall–Kier alpha value is -0.510. The zero-order chi connectivity index (χ0) is 16.8. The predicted octanol–water partition coefficient (Wildman–Crippen LogP) is 1.96. The van der Waals surface area contributed by atoms with Crippen molar-refractivity contribution in [3.05, 3.63) is 12.2 Å². The Bertz CT molecular complexity index is 357. The molecule has 1 aliphatic rings. The standard InChI is InChI=1S/C16H26INO5/c17-7-3-1-2-4-9-21-11-13-23-14-12-22-10-8-18-15(19)5-6-16(18)20/h5-6H,1-4,7-14H2. The van der Waals surface area contributed by atoms with Crippen molar-refractivity contribution in [3.8, 4) is 0 Å². The molecule has 23 heavy (non-hydrogen) atoms. The molecule has 1 aliphatic heterocycles. The summed E-state index contributed by atoms with van der Waals surface area (Å²) in [7, 11) is 0. The number of rotatable bonds is 15. The number of carbonyl (C=O) groups excluding carboxylic acids is 2. The summed E-state index contributed by atoms with van der Waals surface area (Å²) in [5.74, 6) is -0.553. The van der Waals surface area contributed by atoms with Crippen LogP contribution in [0.1, 0.15) is 25.7 Å². The first-order valence-electron chi connectivity index (χ1n) is 8.08. The number of carbonyl (C=O) groups is 2. The fourth-order valence-corrected chi connectivity index (χ4v) is 2.54. The Morgan fingerprint density at radius 2 is 1.26 bits per heavy atom. The van der Waals surface area contributed by atoms with E-state index in [1.54, 1.807) is 0 Å². The SMILES string of the molecule is O=C1C=CC(=O)N1CCOCCOCCOCCCCCCI. The molecular formula is C16H26INO5. The Morgan fingerprint density at radius 3 is 1.87 bits per heavy atom. The summed E-state index contributed by atoms with van der Waals surface area (Å²) in [6.45, 7) is 3.51. The highest BCUT2D eigenvalue weighted by Gasteiger charge is 2.22. The number of alkyl halides is 1. The normalized spacial score (nSPS) is 14.2. The van der Waals surface area contributed by atoms with Crippen LogP contribution in [0.5, 0.6) is 0 Å². The average Bonchev–Trinajstić information content (AvgIpc) is 2.86. The van der Waals surface area contributed by atoms with Gasteiger partial charge < -0.3 is 14.2 Å². The molecule has 1 heterocycles. The van der Waals surface area contributed by atoms with E-state index >= 15 is 0 Å². The number of nitrogens with zero attached hydrogens (tertiary/aromatic N) is 1. The molecule has 132 valence electrons. The number of imide groups is 1. The van der Waals surface area contributed by atoms with Crippen LogP contribution in [-0.4, -0.2) is 67.3 Å². The molecule has 0 aliphatic carbocycles. The van der Waals surface area contributed by atoms with Gasteiger partial charge in [-0.15, -0.1) is 0 Å². The summed E-state index contributed by atoms with van der Waals surface area (Å²) in [6, 6.07) is 0. The van der Waals surface area contributed by atoms with Gasteiger partial charge in [0.1, 0.15) is 0 Å². The average molecular weight is 439 g/mol. The highest BCUT2D eigenvalue weighted by molar-refractivity contribution is 14.1. The van der Waals surface area contributed by atoms with E-state index in [1.807, 2.05) is 0 Å². The highest BCUT2D eigenvalue weighted by Crippen LogP contribution is 2.03. The maximum Gasteiger partial charge on any atom is 0.253 e. The minimum atomic E-state index is -0.277. The zero-order valence-electron chi connectivity index (χ0n) is 13.5. The van der Waals surface area contributed by atoms with Crippen molar-refractivity contribution in [3.63, 3.8) is 0 Å².